The molecule has 4 aliphatic heterocycles. The van der Waals surface area contributed by atoms with Crippen LogP contribution in [0.25, 0.3) is 0 Å². The van der Waals surface area contributed by atoms with Crippen molar-refractivity contribution in [3.8, 4) is 0 Å². The van der Waals surface area contributed by atoms with Crippen LogP contribution in [-0.2, 0) is 23.9 Å². The number of fused-ring (bicyclic) bond motifs is 2. The van der Waals surface area contributed by atoms with Gasteiger partial charge in [0.2, 0.25) is 5.91 Å². The number of allylic oxidation sites excluding steroid dienone is 1. The molecule has 0 radical (unpaired) electrons. The van der Waals surface area contributed by atoms with E-state index < -0.39 is 41.1 Å². The lowest BCUT2D eigenvalue weighted by Crippen LogP contribution is -2.58. The van der Waals surface area contributed by atoms with Gasteiger partial charge in [-0.1, -0.05) is 43.4 Å². The average Bonchev–Trinajstić information content (AvgIpc) is 3.27. The van der Waals surface area contributed by atoms with E-state index in [0.29, 0.717) is 19.4 Å². The van der Waals surface area contributed by atoms with Crippen LogP contribution in [-0.4, -0.2) is 70.8 Å². The van der Waals surface area contributed by atoms with Gasteiger partial charge in [0.15, 0.2) is 0 Å². The smallest absolute Gasteiger partial charge is 0.313 e. The molecule has 8 heteroatoms. The highest BCUT2D eigenvalue weighted by atomic mass is 16.6. The van der Waals surface area contributed by atoms with E-state index in [4.69, 9.17) is 9.47 Å². The van der Waals surface area contributed by atoms with Crippen molar-refractivity contribution in [2.24, 2.45) is 11.8 Å². The lowest BCUT2D eigenvalue weighted by Gasteiger charge is -2.40. The van der Waals surface area contributed by atoms with E-state index in [1.807, 2.05) is 63.3 Å². The van der Waals surface area contributed by atoms with Crippen LogP contribution in [0.3, 0.4) is 0 Å². The lowest BCUT2D eigenvalue weighted by molar-refractivity contribution is -0.160. The molecule has 0 saturated carbocycles. The average molecular weight is 509 g/mol. The molecule has 1 spiro atoms. The summed E-state index contributed by atoms with van der Waals surface area (Å²) in [5.41, 5.74) is 0.277. The number of hydrogen-bond acceptors (Lipinski definition) is 6. The Morgan fingerprint density at radius 1 is 1.11 bits per heavy atom. The van der Waals surface area contributed by atoms with E-state index in [1.54, 1.807) is 11.8 Å². The van der Waals surface area contributed by atoms with Gasteiger partial charge in [-0.05, 0) is 57.2 Å². The number of aliphatic hydroxyl groups is 1. The van der Waals surface area contributed by atoms with Gasteiger partial charge in [-0.2, -0.15) is 0 Å². The Balaban J connectivity index is 1.70. The quantitative estimate of drug-likeness (QED) is 0.496. The van der Waals surface area contributed by atoms with E-state index in [-0.39, 0.29) is 25.0 Å². The van der Waals surface area contributed by atoms with Gasteiger partial charge in [-0.3, -0.25) is 14.4 Å². The maximum Gasteiger partial charge on any atom is 0.313 e. The highest BCUT2D eigenvalue weighted by Crippen LogP contribution is 2.58. The van der Waals surface area contributed by atoms with Crippen molar-refractivity contribution in [2.75, 3.05) is 24.7 Å². The van der Waals surface area contributed by atoms with E-state index in [0.717, 1.165) is 23.2 Å². The minimum absolute atomic E-state index is 0.267. The number of likely N-dealkylation sites (tertiary alicyclic amines) is 1. The van der Waals surface area contributed by atoms with Crippen LogP contribution < -0.4 is 4.90 Å². The fourth-order valence-corrected chi connectivity index (χ4v) is 6.60. The molecule has 6 atom stereocenters. The molecule has 1 aromatic rings. The van der Waals surface area contributed by atoms with Crippen molar-refractivity contribution < 1.29 is 29.0 Å². The van der Waals surface area contributed by atoms with Crippen LogP contribution in [0.5, 0.6) is 0 Å². The van der Waals surface area contributed by atoms with Gasteiger partial charge in [-0.15, -0.1) is 0 Å². The molecule has 1 unspecified atom stereocenters. The summed E-state index contributed by atoms with van der Waals surface area (Å²) in [6.45, 7) is 7.82. The number of nitrogens with zero attached hydrogens (tertiary/aromatic N) is 2. The molecule has 4 aliphatic rings. The second kappa shape index (κ2) is 9.40. The Kier molecular flexibility index (Phi) is 6.52. The molecule has 2 amide bonds. The molecular weight excluding hydrogens is 472 g/mol. The van der Waals surface area contributed by atoms with Crippen LogP contribution in [0.1, 0.15) is 44.2 Å². The largest absolute Gasteiger partial charge is 0.465 e. The normalized spacial score (nSPS) is 35.1. The number of carbonyl (C=O) groups excluding carboxylic acids is 3. The number of esters is 1. The van der Waals surface area contributed by atoms with Crippen LogP contribution in [0.15, 0.2) is 42.5 Å². The van der Waals surface area contributed by atoms with Gasteiger partial charge in [0.05, 0.1) is 25.2 Å². The fraction of sp³-hybridized carbons (Fsp3) is 0.552. The zero-order valence-corrected chi connectivity index (χ0v) is 22.0. The highest BCUT2D eigenvalue weighted by Gasteiger charge is 2.75. The van der Waals surface area contributed by atoms with Crippen molar-refractivity contribution in [1.82, 2.24) is 4.90 Å². The summed E-state index contributed by atoms with van der Waals surface area (Å²) in [5.74, 6) is -2.97. The summed E-state index contributed by atoms with van der Waals surface area (Å²) in [4.78, 5) is 45.3. The molecule has 5 rings (SSSR count). The summed E-state index contributed by atoms with van der Waals surface area (Å²) in [5, 5.41) is 10.1. The van der Waals surface area contributed by atoms with E-state index >= 15 is 0 Å². The predicted octanol–water partition coefficient (Wildman–Crippen LogP) is 2.84. The Morgan fingerprint density at radius 2 is 1.89 bits per heavy atom. The van der Waals surface area contributed by atoms with Gasteiger partial charge in [0.1, 0.15) is 23.2 Å². The maximum atomic E-state index is 14.5. The zero-order chi connectivity index (χ0) is 26.5. The standard InChI is InChI=1S/C29H36N2O6/c1-5-28-12-7-6-8-15-36-27(35)23(28)22-25(33)31(20(4)17-32)24-26(34)30(14-9-13-29(22,24)37-28)21-16-18(2)10-11-19(21)3/h7,9-13,16,20,22-24,32H,5-6,8,14-15,17H2,1-4H3/b12-7-/t20-,22+,23-,24?,28+,29+/m1/s1. The van der Waals surface area contributed by atoms with Gasteiger partial charge < -0.3 is 24.4 Å². The minimum Gasteiger partial charge on any atom is -0.465 e. The number of rotatable bonds is 4. The number of anilines is 1. The Bertz CT molecular complexity index is 1180. The lowest BCUT2D eigenvalue weighted by atomic mass is 9.73. The molecule has 2 fully saturated rings. The Morgan fingerprint density at radius 3 is 2.62 bits per heavy atom. The number of ether oxygens (including phenoxy) is 2. The second-order valence-electron chi connectivity index (χ2n) is 10.8. The number of aliphatic hydroxyl groups excluding tert-OH is 1. The molecule has 4 heterocycles. The number of hydrogen-bond donors (Lipinski definition) is 1. The van der Waals surface area contributed by atoms with Crippen molar-refractivity contribution >= 4 is 23.5 Å². The number of cyclic esters (lactones) is 1. The number of amides is 2. The van der Waals surface area contributed by atoms with Crippen LogP contribution in [0.2, 0.25) is 0 Å². The summed E-state index contributed by atoms with van der Waals surface area (Å²) >= 11 is 0. The third kappa shape index (κ3) is 3.76. The van der Waals surface area contributed by atoms with Crippen molar-refractivity contribution in [3.05, 3.63) is 53.6 Å². The summed E-state index contributed by atoms with van der Waals surface area (Å²) < 4.78 is 12.5. The monoisotopic (exact) mass is 508 g/mol. The number of carbonyl (C=O) groups is 3. The molecular formula is C29H36N2O6. The Hall–Kier alpha value is -2.97. The molecule has 1 N–H and O–H groups in total. The SMILES string of the molecule is CC[C@]12/C=C\CCCOC(=O)[C@H]1[C@H]1C(=O)N([C@H](C)CO)C3C(=O)N(c4cc(C)ccc4C)CC=C[C@@]31O2. The first-order valence-electron chi connectivity index (χ1n) is 13.2. The van der Waals surface area contributed by atoms with E-state index in [9.17, 15) is 19.5 Å². The van der Waals surface area contributed by atoms with E-state index in [2.05, 4.69) is 0 Å². The molecule has 198 valence electrons. The third-order valence-electron chi connectivity index (χ3n) is 8.47. The van der Waals surface area contributed by atoms with Gasteiger partial charge in [-0.25, -0.2) is 0 Å². The molecule has 0 aromatic heterocycles. The first kappa shape index (κ1) is 25.7. The third-order valence-corrected chi connectivity index (χ3v) is 8.47. The molecule has 0 bridgehead atoms. The molecule has 2 saturated heterocycles. The van der Waals surface area contributed by atoms with Crippen molar-refractivity contribution in [3.63, 3.8) is 0 Å². The van der Waals surface area contributed by atoms with Crippen LogP contribution in [0, 0.1) is 25.7 Å². The predicted molar refractivity (Wildman–Crippen MR) is 138 cm³/mol. The molecule has 1 aromatic carbocycles. The van der Waals surface area contributed by atoms with E-state index in [1.165, 1.54) is 4.90 Å². The summed E-state index contributed by atoms with van der Waals surface area (Å²) in [6.07, 6.45) is 9.46. The van der Waals surface area contributed by atoms with Crippen LogP contribution in [0.4, 0.5) is 5.69 Å². The Labute approximate surface area is 217 Å². The van der Waals surface area contributed by atoms with Crippen molar-refractivity contribution in [2.45, 2.75) is 70.2 Å². The first-order chi connectivity index (χ1) is 17.7. The molecule has 8 nitrogen and oxygen atoms in total. The van der Waals surface area contributed by atoms with Crippen molar-refractivity contribution in [1.29, 1.82) is 0 Å². The van der Waals surface area contributed by atoms with Gasteiger partial charge >= 0.3 is 5.97 Å². The fourth-order valence-electron chi connectivity index (χ4n) is 6.60. The number of benzene rings is 1. The zero-order valence-electron chi connectivity index (χ0n) is 22.0. The van der Waals surface area contributed by atoms with Gasteiger partial charge in [0.25, 0.3) is 5.91 Å². The van der Waals surface area contributed by atoms with Gasteiger partial charge in [0, 0.05) is 12.2 Å². The first-order valence-corrected chi connectivity index (χ1v) is 13.2. The molecule has 0 aliphatic carbocycles. The van der Waals surface area contributed by atoms with Crippen LogP contribution >= 0.6 is 0 Å². The number of aryl methyl sites for hydroxylation is 2. The second-order valence-corrected chi connectivity index (χ2v) is 10.8. The maximum absolute atomic E-state index is 14.5. The summed E-state index contributed by atoms with van der Waals surface area (Å²) in [7, 11) is 0. The summed E-state index contributed by atoms with van der Waals surface area (Å²) in [6, 6.07) is 4.26. The topological polar surface area (TPSA) is 96.4 Å². The molecule has 37 heavy (non-hydrogen) atoms. The minimum atomic E-state index is -1.37. The highest BCUT2D eigenvalue weighted by molar-refractivity contribution is 6.06.